The number of furan rings is 1. The van der Waals surface area contributed by atoms with Crippen LogP contribution in [0.1, 0.15) is 40.1 Å². The molecule has 0 aliphatic heterocycles. The van der Waals surface area contributed by atoms with E-state index in [0.29, 0.717) is 5.58 Å². The quantitative estimate of drug-likeness (QED) is 0.805. The summed E-state index contributed by atoms with van der Waals surface area (Å²) in [5, 5.41) is 9.54. The average molecular weight is 311 g/mol. The maximum absolute atomic E-state index is 12.4. The van der Waals surface area contributed by atoms with Crippen molar-refractivity contribution in [2.75, 3.05) is 0 Å². The molecule has 0 amide bonds. The summed E-state index contributed by atoms with van der Waals surface area (Å²) in [5.74, 6) is -0.933. The zero-order valence-corrected chi connectivity index (χ0v) is 13.2. The molecule has 3 rings (SSSR count). The predicted molar refractivity (Wildman–Crippen MR) is 87.1 cm³/mol. The van der Waals surface area contributed by atoms with Crippen molar-refractivity contribution in [3.8, 4) is 0 Å². The molecule has 2 heterocycles. The normalized spacial score (nSPS) is 12.5. The number of hydrogen-bond donors (Lipinski definition) is 1. The highest BCUT2D eigenvalue weighted by Gasteiger charge is 2.25. The smallest absolute Gasteiger partial charge is 0.340 e. The number of fused-ring (bicyclic) bond motifs is 1. The van der Waals surface area contributed by atoms with E-state index in [-0.39, 0.29) is 28.2 Å². The third kappa shape index (κ3) is 2.34. The maximum atomic E-state index is 12.4. The van der Waals surface area contributed by atoms with Gasteiger partial charge in [-0.15, -0.1) is 0 Å². The zero-order valence-electron chi connectivity index (χ0n) is 13.2. The first-order valence-corrected chi connectivity index (χ1v) is 7.32. The van der Waals surface area contributed by atoms with Crippen molar-refractivity contribution in [3.63, 3.8) is 0 Å². The molecule has 1 unspecified atom stereocenters. The van der Waals surface area contributed by atoms with Gasteiger partial charge in [0.15, 0.2) is 0 Å². The molecule has 0 aliphatic rings. The van der Waals surface area contributed by atoms with Crippen LogP contribution in [0.4, 0.5) is 0 Å². The Kier molecular flexibility index (Phi) is 3.56. The number of aromatic nitrogens is 1. The zero-order chi connectivity index (χ0) is 16.7. The first-order valence-electron chi connectivity index (χ1n) is 7.32. The van der Waals surface area contributed by atoms with Gasteiger partial charge in [0.25, 0.3) is 5.56 Å². The summed E-state index contributed by atoms with van der Waals surface area (Å²) in [5.41, 5.74) is 1.81. The van der Waals surface area contributed by atoms with Gasteiger partial charge in [-0.1, -0.05) is 37.3 Å². The van der Waals surface area contributed by atoms with E-state index in [9.17, 15) is 14.7 Å². The number of nitrogens with zero attached hydrogens (tertiary/aromatic N) is 1. The van der Waals surface area contributed by atoms with Gasteiger partial charge in [-0.25, -0.2) is 4.79 Å². The number of aromatic carboxylic acids is 1. The van der Waals surface area contributed by atoms with Crippen LogP contribution in [0.3, 0.4) is 0 Å². The molecule has 1 N–H and O–H groups in total. The Morgan fingerprint density at radius 2 is 1.91 bits per heavy atom. The molecular weight excluding hydrogens is 294 g/mol. The Labute approximate surface area is 132 Å². The van der Waals surface area contributed by atoms with E-state index in [1.165, 1.54) is 4.57 Å². The van der Waals surface area contributed by atoms with Crippen molar-refractivity contribution in [3.05, 3.63) is 69.3 Å². The predicted octanol–water partition coefficient (Wildman–Crippen LogP) is 3.29. The Hall–Kier alpha value is -2.82. The molecule has 1 aromatic carbocycles. The number of pyridine rings is 1. The molecule has 0 bridgehead atoms. The average Bonchev–Trinajstić information content (AvgIpc) is 2.88. The molecule has 0 aliphatic carbocycles. The van der Waals surface area contributed by atoms with Gasteiger partial charge in [-0.05, 0) is 12.5 Å². The van der Waals surface area contributed by atoms with Gasteiger partial charge < -0.3 is 14.1 Å². The number of benzene rings is 1. The molecule has 5 heteroatoms. The highest BCUT2D eigenvalue weighted by Crippen LogP contribution is 2.32. The highest BCUT2D eigenvalue weighted by atomic mass is 16.4. The standard InChI is InChI=1S/C18H17NO4/c1-10(12-7-5-4-6-8-12)13-9-19(3)17(20)15-14(18(21)22)11(2)23-16(13)15/h4-10H,1-3H3,(H,21,22). The minimum Gasteiger partial charge on any atom is -0.478 e. The van der Waals surface area contributed by atoms with Gasteiger partial charge in [0.05, 0.1) is 0 Å². The molecule has 5 nitrogen and oxygen atoms in total. The lowest BCUT2D eigenvalue weighted by molar-refractivity contribution is 0.0697. The van der Waals surface area contributed by atoms with Gasteiger partial charge in [-0.2, -0.15) is 0 Å². The molecule has 3 aromatic rings. The first-order chi connectivity index (χ1) is 10.9. The number of rotatable bonds is 3. The molecular formula is C18H17NO4. The van der Waals surface area contributed by atoms with Crippen molar-refractivity contribution in [1.29, 1.82) is 0 Å². The number of carboxylic acid groups (broad SMARTS) is 1. The van der Waals surface area contributed by atoms with E-state index in [2.05, 4.69) is 0 Å². The van der Waals surface area contributed by atoms with E-state index in [0.717, 1.165) is 11.1 Å². The fraction of sp³-hybridized carbons (Fsp3) is 0.222. The van der Waals surface area contributed by atoms with Gasteiger partial charge in [0, 0.05) is 24.7 Å². The van der Waals surface area contributed by atoms with Crippen LogP contribution in [-0.4, -0.2) is 15.6 Å². The number of aryl methyl sites for hydroxylation is 2. The molecule has 118 valence electrons. The van der Waals surface area contributed by atoms with E-state index < -0.39 is 5.97 Å². The second-order valence-corrected chi connectivity index (χ2v) is 5.68. The van der Waals surface area contributed by atoms with Crippen molar-refractivity contribution < 1.29 is 14.3 Å². The number of hydrogen-bond acceptors (Lipinski definition) is 3. The van der Waals surface area contributed by atoms with Crippen LogP contribution in [0.15, 0.2) is 45.7 Å². The van der Waals surface area contributed by atoms with Crippen LogP contribution in [0.5, 0.6) is 0 Å². The Morgan fingerprint density at radius 1 is 1.26 bits per heavy atom. The summed E-state index contributed by atoms with van der Waals surface area (Å²) in [4.78, 5) is 23.9. The Morgan fingerprint density at radius 3 is 2.52 bits per heavy atom. The van der Waals surface area contributed by atoms with Crippen molar-refractivity contribution >= 4 is 16.9 Å². The molecule has 2 aromatic heterocycles. The summed E-state index contributed by atoms with van der Waals surface area (Å²) < 4.78 is 7.09. The third-order valence-electron chi connectivity index (χ3n) is 4.19. The third-order valence-corrected chi connectivity index (χ3v) is 4.19. The largest absolute Gasteiger partial charge is 0.478 e. The lowest BCUT2D eigenvalue weighted by atomic mass is 9.93. The van der Waals surface area contributed by atoms with Gasteiger partial charge in [0.1, 0.15) is 22.3 Å². The summed E-state index contributed by atoms with van der Waals surface area (Å²) in [7, 11) is 1.62. The van der Waals surface area contributed by atoms with Crippen LogP contribution in [-0.2, 0) is 7.05 Å². The SMILES string of the molecule is Cc1oc2c(C(C)c3ccccc3)cn(C)c(=O)c2c1C(=O)O. The van der Waals surface area contributed by atoms with Crippen molar-refractivity contribution in [2.24, 2.45) is 7.05 Å². The highest BCUT2D eigenvalue weighted by molar-refractivity contribution is 6.04. The van der Waals surface area contributed by atoms with Crippen LogP contribution in [0.2, 0.25) is 0 Å². The molecule has 0 saturated carbocycles. The molecule has 0 saturated heterocycles. The Bertz CT molecular complexity index is 951. The molecule has 1 atom stereocenters. The molecule has 0 radical (unpaired) electrons. The first kappa shape index (κ1) is 15.1. The number of carbonyl (C=O) groups is 1. The second kappa shape index (κ2) is 5.43. The van der Waals surface area contributed by atoms with Gasteiger partial charge in [-0.3, -0.25) is 4.79 Å². The summed E-state index contributed by atoms with van der Waals surface area (Å²) in [6, 6.07) is 9.82. The molecule has 0 fully saturated rings. The minimum absolute atomic E-state index is 0.0299. The fourth-order valence-electron chi connectivity index (χ4n) is 2.94. The lowest BCUT2D eigenvalue weighted by Crippen LogP contribution is -2.19. The van der Waals surface area contributed by atoms with Gasteiger partial charge in [0.2, 0.25) is 0 Å². The van der Waals surface area contributed by atoms with Crippen LogP contribution >= 0.6 is 0 Å². The van der Waals surface area contributed by atoms with E-state index in [4.69, 9.17) is 4.42 Å². The molecule has 23 heavy (non-hydrogen) atoms. The van der Waals surface area contributed by atoms with Crippen LogP contribution < -0.4 is 5.56 Å². The topological polar surface area (TPSA) is 72.4 Å². The number of carboxylic acids is 1. The van der Waals surface area contributed by atoms with E-state index >= 15 is 0 Å². The second-order valence-electron chi connectivity index (χ2n) is 5.68. The fourth-order valence-corrected chi connectivity index (χ4v) is 2.94. The monoisotopic (exact) mass is 311 g/mol. The summed E-state index contributed by atoms with van der Waals surface area (Å²) in [6.45, 7) is 3.58. The molecule has 0 spiro atoms. The van der Waals surface area contributed by atoms with Crippen molar-refractivity contribution in [2.45, 2.75) is 19.8 Å². The summed E-state index contributed by atoms with van der Waals surface area (Å²) >= 11 is 0. The summed E-state index contributed by atoms with van der Waals surface area (Å²) in [6.07, 6.45) is 1.72. The van der Waals surface area contributed by atoms with Gasteiger partial charge >= 0.3 is 5.97 Å². The van der Waals surface area contributed by atoms with E-state index in [1.54, 1.807) is 20.2 Å². The maximum Gasteiger partial charge on any atom is 0.340 e. The van der Waals surface area contributed by atoms with Crippen LogP contribution in [0.25, 0.3) is 11.0 Å². The van der Waals surface area contributed by atoms with Crippen LogP contribution in [0, 0.1) is 6.92 Å². The minimum atomic E-state index is -1.15. The lowest BCUT2D eigenvalue weighted by Gasteiger charge is -2.14. The van der Waals surface area contributed by atoms with E-state index in [1.807, 2.05) is 37.3 Å². The Balaban J connectivity index is 2.35. The van der Waals surface area contributed by atoms with Crippen molar-refractivity contribution in [1.82, 2.24) is 4.57 Å².